The molecule has 0 atom stereocenters. The van der Waals surface area contributed by atoms with Gasteiger partial charge in [-0.05, 0) is 43.2 Å². The van der Waals surface area contributed by atoms with Crippen LogP contribution in [0, 0.1) is 5.82 Å². The first-order valence-corrected chi connectivity index (χ1v) is 7.15. The standard InChI is InChI=1S/C16H18FN3O/c17-13-5-3-6-14(11-13)19-16(20-8-1-2-9-20)18-12-15-7-4-10-21-15/h3-7,10-11H,1-2,8-9,12H2,(H,18,19). The zero-order chi connectivity index (χ0) is 14.5. The van der Waals surface area contributed by atoms with Crippen molar-refractivity contribution in [1.82, 2.24) is 4.90 Å². The highest BCUT2D eigenvalue weighted by Crippen LogP contribution is 2.14. The van der Waals surface area contributed by atoms with Crippen LogP contribution in [-0.4, -0.2) is 23.9 Å². The van der Waals surface area contributed by atoms with Crippen molar-refractivity contribution < 1.29 is 8.81 Å². The zero-order valence-electron chi connectivity index (χ0n) is 11.8. The number of furan rings is 1. The average Bonchev–Trinajstić information content (AvgIpc) is 3.16. The SMILES string of the molecule is Fc1cccc(NC(=NCc2ccco2)N2CCCC2)c1. The fraction of sp³-hybridized carbons (Fsp3) is 0.312. The second kappa shape index (κ2) is 6.43. The Morgan fingerprint density at radius 2 is 2.10 bits per heavy atom. The number of rotatable bonds is 3. The minimum absolute atomic E-state index is 0.258. The molecule has 1 saturated heterocycles. The first-order chi connectivity index (χ1) is 10.3. The van der Waals surface area contributed by atoms with Gasteiger partial charge in [0, 0.05) is 18.8 Å². The lowest BCUT2D eigenvalue weighted by Gasteiger charge is -2.21. The van der Waals surface area contributed by atoms with E-state index in [1.807, 2.05) is 18.2 Å². The Hall–Kier alpha value is -2.30. The van der Waals surface area contributed by atoms with Crippen LogP contribution < -0.4 is 5.32 Å². The summed E-state index contributed by atoms with van der Waals surface area (Å²) in [5, 5.41) is 3.22. The Kier molecular flexibility index (Phi) is 4.19. The maximum Gasteiger partial charge on any atom is 0.198 e. The highest BCUT2D eigenvalue weighted by Gasteiger charge is 2.16. The molecule has 110 valence electrons. The lowest BCUT2D eigenvalue weighted by Crippen LogP contribution is -2.34. The number of hydrogen-bond acceptors (Lipinski definition) is 2. The summed E-state index contributed by atoms with van der Waals surface area (Å²) in [5.41, 5.74) is 0.708. The van der Waals surface area contributed by atoms with Gasteiger partial charge in [-0.15, -0.1) is 0 Å². The van der Waals surface area contributed by atoms with E-state index in [0.717, 1.165) is 37.7 Å². The third-order valence-electron chi connectivity index (χ3n) is 3.45. The van der Waals surface area contributed by atoms with Crippen molar-refractivity contribution in [3.05, 3.63) is 54.2 Å². The molecule has 1 aromatic heterocycles. The van der Waals surface area contributed by atoms with Crippen LogP contribution >= 0.6 is 0 Å². The van der Waals surface area contributed by atoms with E-state index >= 15 is 0 Å². The van der Waals surface area contributed by atoms with E-state index in [9.17, 15) is 4.39 Å². The second-order valence-corrected chi connectivity index (χ2v) is 5.05. The number of anilines is 1. The number of likely N-dealkylation sites (tertiary alicyclic amines) is 1. The van der Waals surface area contributed by atoms with Crippen molar-refractivity contribution in [3.8, 4) is 0 Å². The van der Waals surface area contributed by atoms with E-state index in [1.165, 1.54) is 12.1 Å². The summed E-state index contributed by atoms with van der Waals surface area (Å²) in [6.07, 6.45) is 3.95. The van der Waals surface area contributed by atoms with Gasteiger partial charge in [0.2, 0.25) is 0 Å². The third-order valence-corrected chi connectivity index (χ3v) is 3.45. The van der Waals surface area contributed by atoms with Gasteiger partial charge in [-0.25, -0.2) is 9.38 Å². The predicted octanol–water partition coefficient (Wildman–Crippen LogP) is 3.48. The molecule has 0 radical (unpaired) electrons. The molecule has 1 aliphatic heterocycles. The first-order valence-electron chi connectivity index (χ1n) is 7.15. The summed E-state index contributed by atoms with van der Waals surface area (Å²) in [6.45, 7) is 2.42. The van der Waals surface area contributed by atoms with E-state index in [2.05, 4.69) is 15.2 Å². The molecule has 0 unspecified atom stereocenters. The fourth-order valence-electron chi connectivity index (χ4n) is 2.40. The summed E-state index contributed by atoms with van der Waals surface area (Å²) in [5.74, 6) is 1.33. The van der Waals surface area contributed by atoms with Gasteiger partial charge >= 0.3 is 0 Å². The van der Waals surface area contributed by atoms with Crippen LogP contribution in [0.25, 0.3) is 0 Å². The Balaban J connectivity index is 1.76. The van der Waals surface area contributed by atoms with E-state index in [0.29, 0.717) is 12.2 Å². The average molecular weight is 287 g/mol. The van der Waals surface area contributed by atoms with E-state index in [-0.39, 0.29) is 5.82 Å². The van der Waals surface area contributed by atoms with Crippen molar-refractivity contribution in [3.63, 3.8) is 0 Å². The van der Waals surface area contributed by atoms with Gasteiger partial charge in [0.05, 0.1) is 6.26 Å². The van der Waals surface area contributed by atoms with Crippen LogP contribution in [0.2, 0.25) is 0 Å². The molecule has 4 nitrogen and oxygen atoms in total. The van der Waals surface area contributed by atoms with Crippen LogP contribution in [0.1, 0.15) is 18.6 Å². The smallest absolute Gasteiger partial charge is 0.198 e. The molecule has 0 spiro atoms. The quantitative estimate of drug-likeness (QED) is 0.694. The van der Waals surface area contributed by atoms with Gasteiger partial charge < -0.3 is 14.6 Å². The summed E-state index contributed by atoms with van der Waals surface area (Å²) in [6, 6.07) is 10.2. The Morgan fingerprint density at radius 3 is 2.81 bits per heavy atom. The van der Waals surface area contributed by atoms with E-state index in [4.69, 9.17) is 4.42 Å². The number of halogens is 1. The number of guanidine groups is 1. The topological polar surface area (TPSA) is 40.8 Å². The Labute approximate surface area is 123 Å². The van der Waals surface area contributed by atoms with E-state index < -0.39 is 0 Å². The molecule has 0 amide bonds. The van der Waals surface area contributed by atoms with Crippen molar-refractivity contribution in [2.45, 2.75) is 19.4 Å². The normalized spacial score (nSPS) is 15.5. The molecular formula is C16H18FN3O. The molecule has 3 rings (SSSR count). The number of benzene rings is 1. The number of hydrogen-bond donors (Lipinski definition) is 1. The van der Waals surface area contributed by atoms with Crippen molar-refractivity contribution in [2.75, 3.05) is 18.4 Å². The summed E-state index contributed by atoms with van der Waals surface area (Å²) in [7, 11) is 0. The van der Waals surface area contributed by atoms with Gasteiger partial charge in [0.1, 0.15) is 18.1 Å². The zero-order valence-corrected chi connectivity index (χ0v) is 11.8. The second-order valence-electron chi connectivity index (χ2n) is 5.05. The number of nitrogens with zero attached hydrogens (tertiary/aromatic N) is 2. The highest BCUT2D eigenvalue weighted by atomic mass is 19.1. The van der Waals surface area contributed by atoms with Crippen LogP contribution in [0.5, 0.6) is 0 Å². The molecule has 2 aromatic rings. The summed E-state index contributed by atoms with van der Waals surface area (Å²) in [4.78, 5) is 6.78. The van der Waals surface area contributed by atoms with Gasteiger partial charge in [-0.2, -0.15) is 0 Å². The summed E-state index contributed by atoms with van der Waals surface area (Å²) < 4.78 is 18.6. The lowest BCUT2D eigenvalue weighted by molar-refractivity contribution is 0.497. The molecule has 1 fully saturated rings. The lowest BCUT2D eigenvalue weighted by atomic mass is 10.3. The molecule has 2 heterocycles. The number of aliphatic imine (C=N–C) groups is 1. The monoisotopic (exact) mass is 287 g/mol. The first kappa shape index (κ1) is 13.7. The maximum absolute atomic E-state index is 13.3. The van der Waals surface area contributed by atoms with Gasteiger partial charge in [-0.3, -0.25) is 0 Å². The molecule has 0 saturated carbocycles. The maximum atomic E-state index is 13.3. The molecule has 0 aliphatic carbocycles. The highest BCUT2D eigenvalue weighted by molar-refractivity contribution is 5.93. The van der Waals surface area contributed by atoms with Crippen molar-refractivity contribution in [2.24, 2.45) is 4.99 Å². The minimum Gasteiger partial charge on any atom is -0.467 e. The van der Waals surface area contributed by atoms with Crippen molar-refractivity contribution in [1.29, 1.82) is 0 Å². The van der Waals surface area contributed by atoms with Crippen LogP contribution in [-0.2, 0) is 6.54 Å². The Morgan fingerprint density at radius 1 is 1.24 bits per heavy atom. The van der Waals surface area contributed by atoms with Gasteiger partial charge in [0.25, 0.3) is 0 Å². The molecule has 1 aliphatic rings. The molecule has 21 heavy (non-hydrogen) atoms. The largest absolute Gasteiger partial charge is 0.467 e. The van der Waals surface area contributed by atoms with Crippen LogP contribution in [0.15, 0.2) is 52.1 Å². The third kappa shape index (κ3) is 3.62. The van der Waals surface area contributed by atoms with Gasteiger partial charge in [-0.1, -0.05) is 6.07 Å². The molecular weight excluding hydrogens is 269 g/mol. The van der Waals surface area contributed by atoms with Crippen molar-refractivity contribution >= 4 is 11.6 Å². The van der Waals surface area contributed by atoms with E-state index in [1.54, 1.807) is 12.3 Å². The molecule has 1 aromatic carbocycles. The van der Waals surface area contributed by atoms with Gasteiger partial charge in [0.15, 0.2) is 5.96 Å². The Bertz CT molecular complexity index is 604. The predicted molar refractivity (Wildman–Crippen MR) is 80.7 cm³/mol. The molecule has 5 heteroatoms. The van der Waals surface area contributed by atoms with Crippen LogP contribution in [0.4, 0.5) is 10.1 Å². The summed E-state index contributed by atoms with van der Waals surface area (Å²) >= 11 is 0. The molecule has 1 N–H and O–H groups in total. The molecule has 0 bridgehead atoms. The fourth-order valence-corrected chi connectivity index (χ4v) is 2.40. The minimum atomic E-state index is -0.258. The van der Waals surface area contributed by atoms with Crippen LogP contribution in [0.3, 0.4) is 0 Å². The number of nitrogens with one attached hydrogen (secondary N) is 1.